The van der Waals surface area contributed by atoms with Gasteiger partial charge in [-0.1, -0.05) is 0 Å². The van der Waals surface area contributed by atoms with E-state index in [2.05, 4.69) is 4.18 Å². The van der Waals surface area contributed by atoms with Crippen LogP contribution in [0.2, 0.25) is 0 Å². The molecule has 9 heteroatoms. The molecular weight excluding hydrogens is 201 g/mol. The van der Waals surface area contributed by atoms with Gasteiger partial charge >= 0.3 is 39.6 Å². The van der Waals surface area contributed by atoms with Crippen molar-refractivity contribution in [2.75, 3.05) is 6.61 Å². The Hall–Kier alpha value is 0.426. The van der Waals surface area contributed by atoms with Crippen LogP contribution in [0, 0.1) is 0 Å². The van der Waals surface area contributed by atoms with Crippen LogP contribution >= 0.6 is 0 Å². The number of halogens is 3. The third-order valence-electron chi connectivity index (χ3n) is 0.372. The first-order valence-electron chi connectivity index (χ1n) is 1.89. The molecule has 0 fully saturated rings. The summed E-state index contributed by atoms with van der Waals surface area (Å²) >= 11 is 0. The molecule has 0 aromatic rings. The maximum atomic E-state index is 11.1. The second-order valence-electron chi connectivity index (χ2n) is 1.31. The van der Waals surface area contributed by atoms with E-state index in [9.17, 15) is 21.6 Å². The topological polar surface area (TPSA) is 63.6 Å². The summed E-state index contributed by atoms with van der Waals surface area (Å²) in [5.74, 6) is 0. The van der Waals surface area contributed by atoms with Crippen molar-refractivity contribution in [1.29, 1.82) is 0 Å². The molecule has 0 spiro atoms. The lowest BCUT2D eigenvalue weighted by molar-refractivity contribution is -0.153. The van der Waals surface area contributed by atoms with E-state index in [0.717, 1.165) is 0 Å². The first-order valence-corrected chi connectivity index (χ1v) is 3.26. The lowest BCUT2D eigenvalue weighted by atomic mass is 10.7. The molecular formula is C2H5F3MgO4S. The van der Waals surface area contributed by atoms with Crippen molar-refractivity contribution >= 4 is 33.5 Å². The Morgan fingerprint density at radius 2 is 1.73 bits per heavy atom. The fraction of sp³-hybridized carbons (Fsp3) is 1.00. The molecule has 0 aromatic heterocycles. The molecule has 0 unspecified atom stereocenters. The minimum Gasteiger partial charge on any atom is -0.264 e. The van der Waals surface area contributed by atoms with E-state index < -0.39 is 23.2 Å². The van der Waals surface area contributed by atoms with E-state index in [4.69, 9.17) is 4.55 Å². The zero-order chi connectivity index (χ0) is 8.41. The Kier molecular flexibility index (Phi) is 5.66. The first kappa shape index (κ1) is 14.0. The summed E-state index contributed by atoms with van der Waals surface area (Å²) < 4.78 is 62.9. The van der Waals surface area contributed by atoms with Crippen LogP contribution in [0.1, 0.15) is 0 Å². The number of hydrogen-bond donors (Lipinski definition) is 1. The van der Waals surface area contributed by atoms with Crippen molar-refractivity contribution < 1.29 is 30.3 Å². The molecule has 0 bridgehead atoms. The van der Waals surface area contributed by atoms with Crippen LogP contribution in [0.3, 0.4) is 0 Å². The third-order valence-corrected chi connectivity index (χ3v) is 0.787. The quantitative estimate of drug-likeness (QED) is 0.486. The summed E-state index contributed by atoms with van der Waals surface area (Å²) in [6, 6.07) is 0. The van der Waals surface area contributed by atoms with Crippen LogP contribution in [-0.4, -0.2) is 48.8 Å². The van der Waals surface area contributed by atoms with Crippen LogP contribution in [-0.2, 0) is 14.6 Å². The van der Waals surface area contributed by atoms with Gasteiger partial charge in [-0.3, -0.25) is 4.55 Å². The molecule has 11 heavy (non-hydrogen) atoms. The van der Waals surface area contributed by atoms with Gasteiger partial charge in [-0.25, -0.2) is 4.18 Å². The molecule has 0 aliphatic rings. The molecule has 0 atom stereocenters. The zero-order valence-electron chi connectivity index (χ0n) is 4.42. The molecule has 1 N–H and O–H groups in total. The van der Waals surface area contributed by atoms with Crippen LogP contribution < -0.4 is 0 Å². The van der Waals surface area contributed by atoms with E-state index in [1.807, 2.05) is 0 Å². The standard InChI is InChI=1S/C2H3F3O4S.Mg.2H/c3-2(4,5)1-9-10(6,7)8;;;/h1H2,(H,6,7,8);;;. The van der Waals surface area contributed by atoms with E-state index in [0.29, 0.717) is 0 Å². The summed E-state index contributed by atoms with van der Waals surface area (Å²) in [6.45, 7) is -2.01. The van der Waals surface area contributed by atoms with E-state index in [1.54, 1.807) is 0 Å². The Morgan fingerprint density at radius 3 is 1.82 bits per heavy atom. The molecule has 0 rings (SSSR count). The van der Waals surface area contributed by atoms with Crippen LogP contribution in [0.4, 0.5) is 13.2 Å². The van der Waals surface area contributed by atoms with Gasteiger partial charge in [-0.05, 0) is 0 Å². The molecule has 0 saturated carbocycles. The van der Waals surface area contributed by atoms with Crippen molar-refractivity contribution in [3.05, 3.63) is 0 Å². The third kappa shape index (κ3) is 13.4. The van der Waals surface area contributed by atoms with Gasteiger partial charge in [0.2, 0.25) is 0 Å². The van der Waals surface area contributed by atoms with Gasteiger partial charge in [-0.15, -0.1) is 0 Å². The van der Waals surface area contributed by atoms with Crippen molar-refractivity contribution in [2.24, 2.45) is 0 Å². The van der Waals surface area contributed by atoms with Gasteiger partial charge in [0.15, 0.2) is 6.61 Å². The van der Waals surface area contributed by atoms with Crippen LogP contribution in [0.25, 0.3) is 0 Å². The highest BCUT2D eigenvalue weighted by atomic mass is 32.3. The molecule has 0 saturated heterocycles. The largest absolute Gasteiger partial charge is 0.413 e. The number of rotatable bonds is 2. The molecule has 0 aromatic carbocycles. The average Bonchev–Trinajstić information content (AvgIpc) is 1.57. The predicted octanol–water partition coefficient (Wildman–Crippen LogP) is -0.548. The number of alkyl halides is 3. The molecule has 0 amide bonds. The molecule has 0 aliphatic heterocycles. The van der Waals surface area contributed by atoms with Crippen LogP contribution in [0.5, 0.6) is 0 Å². The van der Waals surface area contributed by atoms with E-state index in [1.165, 1.54) is 0 Å². The Balaban J connectivity index is 0. The summed E-state index contributed by atoms with van der Waals surface area (Å²) in [5, 5.41) is 0. The Morgan fingerprint density at radius 1 is 1.36 bits per heavy atom. The van der Waals surface area contributed by atoms with Gasteiger partial charge in [0, 0.05) is 0 Å². The highest BCUT2D eigenvalue weighted by Gasteiger charge is 2.30. The molecule has 4 nitrogen and oxygen atoms in total. The molecule has 0 heterocycles. The monoisotopic (exact) mass is 206 g/mol. The lowest BCUT2D eigenvalue weighted by Gasteiger charge is -2.02. The highest BCUT2D eigenvalue weighted by Crippen LogP contribution is 2.15. The minimum absolute atomic E-state index is 0. The minimum atomic E-state index is -4.98. The highest BCUT2D eigenvalue weighted by molar-refractivity contribution is 7.80. The van der Waals surface area contributed by atoms with Crippen molar-refractivity contribution in [2.45, 2.75) is 6.18 Å². The number of hydrogen-bond acceptors (Lipinski definition) is 3. The van der Waals surface area contributed by atoms with Gasteiger partial charge in [0.25, 0.3) is 0 Å². The van der Waals surface area contributed by atoms with Gasteiger partial charge < -0.3 is 0 Å². The Labute approximate surface area is 76.8 Å². The summed E-state index contributed by atoms with van der Waals surface area (Å²) in [5.41, 5.74) is 0. The lowest BCUT2D eigenvalue weighted by Crippen LogP contribution is -2.19. The summed E-state index contributed by atoms with van der Waals surface area (Å²) in [6.07, 6.45) is -4.75. The second kappa shape index (κ2) is 4.45. The average molecular weight is 206 g/mol. The van der Waals surface area contributed by atoms with Crippen molar-refractivity contribution in [1.82, 2.24) is 0 Å². The van der Waals surface area contributed by atoms with E-state index in [-0.39, 0.29) is 23.1 Å². The molecule has 0 aliphatic carbocycles. The van der Waals surface area contributed by atoms with Gasteiger partial charge in [0.05, 0.1) is 0 Å². The Bertz CT molecular complexity index is 196. The van der Waals surface area contributed by atoms with Crippen molar-refractivity contribution in [3.63, 3.8) is 0 Å². The fourth-order valence-electron chi connectivity index (χ4n) is 0.141. The smallest absolute Gasteiger partial charge is 0.264 e. The normalized spacial score (nSPS) is 12.4. The van der Waals surface area contributed by atoms with Crippen LogP contribution in [0.15, 0.2) is 0 Å². The summed E-state index contributed by atoms with van der Waals surface area (Å²) in [7, 11) is -4.98. The predicted molar refractivity (Wildman–Crippen MR) is 32.1 cm³/mol. The fourth-order valence-corrected chi connectivity index (χ4v) is 0.424. The maximum Gasteiger partial charge on any atom is 0.413 e. The molecule has 0 radical (unpaired) electrons. The van der Waals surface area contributed by atoms with Gasteiger partial charge in [-0.2, -0.15) is 21.6 Å². The SMILES string of the molecule is O=S(=O)(O)OCC(F)(F)F.[MgH2]. The summed E-state index contributed by atoms with van der Waals surface area (Å²) in [4.78, 5) is 0. The molecule has 66 valence electrons. The van der Waals surface area contributed by atoms with Crippen molar-refractivity contribution in [3.8, 4) is 0 Å². The zero-order valence-corrected chi connectivity index (χ0v) is 5.24. The second-order valence-corrected chi connectivity index (χ2v) is 2.40. The van der Waals surface area contributed by atoms with Gasteiger partial charge in [0.1, 0.15) is 0 Å². The maximum absolute atomic E-state index is 11.1. The van der Waals surface area contributed by atoms with E-state index >= 15 is 0 Å². The first-order chi connectivity index (χ1) is 4.21.